The SMILES string of the molecule is CCNC(=NCCCc1ccc(N(C)C)cc1)NCCc1cccc(C(=O)NC)c1.I. The van der Waals surface area contributed by atoms with Crippen LogP contribution in [0.4, 0.5) is 5.69 Å². The molecule has 0 saturated carbocycles. The van der Waals surface area contributed by atoms with Gasteiger partial charge in [-0.05, 0) is 61.6 Å². The number of anilines is 1. The summed E-state index contributed by atoms with van der Waals surface area (Å²) in [6.07, 6.45) is 2.85. The lowest BCUT2D eigenvalue weighted by molar-refractivity contribution is 0.0963. The standard InChI is InChI=1S/C24H35N5O.HI/c1-5-26-24(27-16-7-9-19-11-13-22(14-12-19)29(3)4)28-17-15-20-8-6-10-21(18-20)23(30)25-2;/h6,8,10-14,18H,5,7,9,15-17H2,1-4H3,(H,25,30)(H2,26,27,28);1H. The molecule has 0 heterocycles. The molecule has 0 aliphatic rings. The molecule has 0 spiro atoms. The normalized spacial score (nSPS) is 10.8. The Hall–Kier alpha value is -2.29. The lowest BCUT2D eigenvalue weighted by Gasteiger charge is -2.13. The van der Waals surface area contributed by atoms with E-state index in [9.17, 15) is 4.79 Å². The highest BCUT2D eigenvalue weighted by molar-refractivity contribution is 14.0. The number of nitrogens with one attached hydrogen (secondary N) is 3. The van der Waals surface area contributed by atoms with Crippen molar-refractivity contribution in [1.82, 2.24) is 16.0 Å². The first-order chi connectivity index (χ1) is 14.5. The number of rotatable bonds is 10. The van der Waals surface area contributed by atoms with Gasteiger partial charge in [0.15, 0.2) is 5.96 Å². The molecule has 0 unspecified atom stereocenters. The summed E-state index contributed by atoms with van der Waals surface area (Å²) in [7, 11) is 5.75. The monoisotopic (exact) mass is 537 g/mol. The molecule has 6 nitrogen and oxygen atoms in total. The third-order valence-electron chi connectivity index (χ3n) is 4.81. The van der Waals surface area contributed by atoms with Crippen LogP contribution >= 0.6 is 24.0 Å². The van der Waals surface area contributed by atoms with E-state index in [0.29, 0.717) is 5.56 Å². The smallest absolute Gasteiger partial charge is 0.251 e. The second-order valence-electron chi connectivity index (χ2n) is 7.38. The van der Waals surface area contributed by atoms with Crippen LogP contribution < -0.4 is 20.9 Å². The van der Waals surface area contributed by atoms with Crippen LogP contribution in [0.3, 0.4) is 0 Å². The highest BCUT2D eigenvalue weighted by Crippen LogP contribution is 2.13. The second kappa shape index (κ2) is 14.7. The molecule has 0 aliphatic carbocycles. The molecule has 2 rings (SSSR count). The zero-order valence-electron chi connectivity index (χ0n) is 19.1. The third-order valence-corrected chi connectivity index (χ3v) is 4.81. The number of nitrogens with zero attached hydrogens (tertiary/aromatic N) is 2. The first-order valence-electron chi connectivity index (χ1n) is 10.6. The molecule has 170 valence electrons. The van der Waals surface area contributed by atoms with Gasteiger partial charge in [-0.2, -0.15) is 0 Å². The summed E-state index contributed by atoms with van der Waals surface area (Å²) >= 11 is 0. The van der Waals surface area contributed by atoms with Gasteiger partial charge in [0.25, 0.3) is 5.91 Å². The van der Waals surface area contributed by atoms with Crippen LogP contribution in [0.1, 0.15) is 34.8 Å². The average Bonchev–Trinajstić information content (AvgIpc) is 2.76. The number of amides is 1. The summed E-state index contributed by atoms with van der Waals surface area (Å²) in [5.41, 5.74) is 4.37. The molecule has 0 atom stereocenters. The number of aliphatic imine (C=N–C) groups is 1. The van der Waals surface area contributed by atoms with E-state index in [1.165, 1.54) is 11.3 Å². The lowest BCUT2D eigenvalue weighted by Crippen LogP contribution is -2.38. The summed E-state index contributed by atoms with van der Waals surface area (Å²) in [6.45, 7) is 4.42. The summed E-state index contributed by atoms with van der Waals surface area (Å²) in [5, 5.41) is 9.34. The maximum atomic E-state index is 11.8. The van der Waals surface area contributed by atoms with Crippen molar-refractivity contribution >= 4 is 41.5 Å². The lowest BCUT2D eigenvalue weighted by atomic mass is 10.1. The summed E-state index contributed by atoms with van der Waals surface area (Å²) < 4.78 is 0. The van der Waals surface area contributed by atoms with E-state index in [-0.39, 0.29) is 29.9 Å². The Labute approximate surface area is 203 Å². The van der Waals surface area contributed by atoms with E-state index >= 15 is 0 Å². The number of hydrogen-bond acceptors (Lipinski definition) is 3. The van der Waals surface area contributed by atoms with Gasteiger partial charge in [0.1, 0.15) is 0 Å². The van der Waals surface area contributed by atoms with Gasteiger partial charge in [-0.3, -0.25) is 9.79 Å². The minimum absolute atomic E-state index is 0. The van der Waals surface area contributed by atoms with E-state index in [0.717, 1.165) is 50.4 Å². The predicted octanol–water partition coefficient (Wildman–Crippen LogP) is 3.46. The third kappa shape index (κ3) is 9.59. The summed E-state index contributed by atoms with van der Waals surface area (Å²) in [6, 6.07) is 16.4. The van der Waals surface area contributed by atoms with Crippen molar-refractivity contribution in [2.75, 3.05) is 45.7 Å². The van der Waals surface area contributed by atoms with Crippen LogP contribution in [0.25, 0.3) is 0 Å². The molecular weight excluding hydrogens is 501 g/mol. The molecule has 31 heavy (non-hydrogen) atoms. The minimum atomic E-state index is -0.0592. The number of halogens is 1. The molecule has 3 N–H and O–H groups in total. The van der Waals surface area contributed by atoms with Crippen LogP contribution in [0.5, 0.6) is 0 Å². The Bertz CT molecular complexity index is 821. The molecule has 0 aromatic heterocycles. The number of benzene rings is 2. The largest absolute Gasteiger partial charge is 0.378 e. The molecule has 0 radical (unpaired) electrons. The molecular formula is C24H36IN5O. The van der Waals surface area contributed by atoms with Gasteiger partial charge < -0.3 is 20.9 Å². The molecule has 7 heteroatoms. The Morgan fingerprint density at radius 1 is 1.00 bits per heavy atom. The zero-order chi connectivity index (χ0) is 21.8. The number of guanidine groups is 1. The van der Waals surface area contributed by atoms with Gasteiger partial charge in [0, 0.05) is 52.0 Å². The fourth-order valence-corrected chi connectivity index (χ4v) is 3.11. The fourth-order valence-electron chi connectivity index (χ4n) is 3.11. The molecule has 0 bridgehead atoms. The molecule has 0 fully saturated rings. The highest BCUT2D eigenvalue weighted by Gasteiger charge is 2.04. The predicted molar refractivity (Wildman–Crippen MR) is 142 cm³/mol. The van der Waals surface area contributed by atoms with Gasteiger partial charge in [0.2, 0.25) is 0 Å². The second-order valence-corrected chi connectivity index (χ2v) is 7.38. The van der Waals surface area contributed by atoms with Crippen molar-refractivity contribution in [2.45, 2.75) is 26.2 Å². The van der Waals surface area contributed by atoms with Crippen molar-refractivity contribution in [3.05, 3.63) is 65.2 Å². The molecule has 0 aliphatic heterocycles. The maximum absolute atomic E-state index is 11.8. The van der Waals surface area contributed by atoms with Gasteiger partial charge in [-0.15, -0.1) is 24.0 Å². The zero-order valence-corrected chi connectivity index (χ0v) is 21.4. The Kier molecular flexibility index (Phi) is 12.7. The van der Waals surface area contributed by atoms with Gasteiger partial charge in [-0.25, -0.2) is 0 Å². The molecule has 1 amide bonds. The van der Waals surface area contributed by atoms with E-state index in [2.05, 4.69) is 71.1 Å². The van der Waals surface area contributed by atoms with Crippen molar-refractivity contribution in [2.24, 2.45) is 4.99 Å². The van der Waals surface area contributed by atoms with Crippen LogP contribution in [-0.2, 0) is 12.8 Å². The molecule has 2 aromatic rings. The van der Waals surface area contributed by atoms with Crippen molar-refractivity contribution < 1.29 is 4.79 Å². The minimum Gasteiger partial charge on any atom is -0.378 e. The average molecular weight is 537 g/mol. The van der Waals surface area contributed by atoms with Crippen LogP contribution in [0.2, 0.25) is 0 Å². The van der Waals surface area contributed by atoms with Gasteiger partial charge in [-0.1, -0.05) is 24.3 Å². The molecule has 0 saturated heterocycles. The number of carbonyl (C=O) groups is 1. The Balaban J connectivity index is 0.00000480. The Morgan fingerprint density at radius 3 is 2.39 bits per heavy atom. The molecule has 2 aromatic carbocycles. The van der Waals surface area contributed by atoms with E-state index in [4.69, 9.17) is 0 Å². The number of hydrogen-bond donors (Lipinski definition) is 3. The number of aryl methyl sites for hydroxylation is 1. The van der Waals surface area contributed by atoms with E-state index in [1.54, 1.807) is 7.05 Å². The van der Waals surface area contributed by atoms with Crippen LogP contribution in [0, 0.1) is 0 Å². The summed E-state index contributed by atoms with van der Waals surface area (Å²) in [4.78, 5) is 18.6. The van der Waals surface area contributed by atoms with E-state index < -0.39 is 0 Å². The first-order valence-corrected chi connectivity index (χ1v) is 10.6. The van der Waals surface area contributed by atoms with Crippen LogP contribution in [-0.4, -0.2) is 52.6 Å². The van der Waals surface area contributed by atoms with Crippen molar-refractivity contribution in [1.29, 1.82) is 0 Å². The summed E-state index contributed by atoms with van der Waals surface area (Å²) in [5.74, 6) is 0.777. The quantitative estimate of drug-likeness (QED) is 0.188. The van der Waals surface area contributed by atoms with Crippen LogP contribution in [0.15, 0.2) is 53.5 Å². The first kappa shape index (κ1) is 26.7. The maximum Gasteiger partial charge on any atom is 0.251 e. The fraction of sp³-hybridized carbons (Fsp3) is 0.417. The topological polar surface area (TPSA) is 68.8 Å². The van der Waals surface area contributed by atoms with Crippen molar-refractivity contribution in [3.63, 3.8) is 0 Å². The van der Waals surface area contributed by atoms with Gasteiger partial charge >= 0.3 is 0 Å². The van der Waals surface area contributed by atoms with E-state index in [1.807, 2.05) is 24.3 Å². The van der Waals surface area contributed by atoms with Crippen molar-refractivity contribution in [3.8, 4) is 0 Å². The Morgan fingerprint density at radius 2 is 1.74 bits per heavy atom. The highest BCUT2D eigenvalue weighted by atomic mass is 127. The number of carbonyl (C=O) groups excluding carboxylic acids is 1. The van der Waals surface area contributed by atoms with Gasteiger partial charge in [0.05, 0.1) is 0 Å².